The Kier molecular flexibility index (Phi) is 5.15. The van der Waals surface area contributed by atoms with Crippen molar-refractivity contribution in [1.82, 2.24) is 0 Å². The Morgan fingerprint density at radius 2 is 1.96 bits per heavy atom. The van der Waals surface area contributed by atoms with Crippen molar-refractivity contribution in [3.05, 3.63) is 58.6 Å². The fourth-order valence-corrected chi connectivity index (χ4v) is 3.17. The highest BCUT2D eigenvalue weighted by atomic mass is 35.5. The second-order valence-corrected chi connectivity index (χ2v) is 6.81. The van der Waals surface area contributed by atoms with Gasteiger partial charge in [0.15, 0.2) is 12.0 Å². The molecule has 0 aliphatic carbocycles. The first-order valence-corrected chi connectivity index (χ1v) is 8.41. The molecule has 3 rings (SSSR count). The van der Waals surface area contributed by atoms with Crippen molar-refractivity contribution in [1.29, 1.82) is 0 Å². The molecule has 9 heteroatoms. The standard InChI is InChI=1S/C17H10ClF4NO2S/c18-13-6-11(1-2-16(13)26-17(20,21)22)23-7-10-5-15-9(4-14(10)19)3-12(8-24)25-15/h1-6,8,23H,7H2. The first-order chi connectivity index (χ1) is 12.2. The maximum Gasteiger partial charge on any atom is 0.446 e. The van der Waals surface area contributed by atoms with Crippen molar-refractivity contribution >= 4 is 46.3 Å². The lowest BCUT2D eigenvalue weighted by molar-refractivity contribution is -0.0328. The summed E-state index contributed by atoms with van der Waals surface area (Å²) >= 11 is 5.56. The fourth-order valence-electron chi connectivity index (χ4n) is 2.33. The molecule has 0 atom stereocenters. The Morgan fingerprint density at radius 3 is 2.62 bits per heavy atom. The second-order valence-electron chi connectivity index (χ2n) is 5.29. The Labute approximate surface area is 154 Å². The van der Waals surface area contributed by atoms with Crippen LogP contribution in [0, 0.1) is 5.82 Å². The van der Waals surface area contributed by atoms with Crippen LogP contribution >= 0.6 is 23.4 Å². The third kappa shape index (κ3) is 4.31. The van der Waals surface area contributed by atoms with E-state index in [1.54, 1.807) is 0 Å². The van der Waals surface area contributed by atoms with Gasteiger partial charge >= 0.3 is 5.51 Å². The average molecular weight is 404 g/mol. The molecule has 1 N–H and O–H groups in total. The molecule has 3 nitrogen and oxygen atoms in total. The van der Waals surface area contributed by atoms with Crippen LogP contribution in [0.15, 0.2) is 45.7 Å². The summed E-state index contributed by atoms with van der Waals surface area (Å²) in [6, 6.07) is 8.14. The van der Waals surface area contributed by atoms with Gasteiger partial charge in [-0.15, -0.1) is 0 Å². The van der Waals surface area contributed by atoms with Crippen molar-refractivity contribution in [2.24, 2.45) is 0 Å². The van der Waals surface area contributed by atoms with Crippen molar-refractivity contribution < 1.29 is 26.8 Å². The Morgan fingerprint density at radius 1 is 1.19 bits per heavy atom. The molecule has 0 spiro atoms. The summed E-state index contributed by atoms with van der Waals surface area (Å²) < 4.78 is 56.6. The van der Waals surface area contributed by atoms with Crippen molar-refractivity contribution in [3.63, 3.8) is 0 Å². The minimum atomic E-state index is -4.43. The van der Waals surface area contributed by atoms with Crippen LogP contribution in [-0.2, 0) is 6.54 Å². The summed E-state index contributed by atoms with van der Waals surface area (Å²) in [5.41, 5.74) is -3.36. The smallest absolute Gasteiger partial charge is 0.446 e. The molecule has 0 aliphatic heterocycles. The molecule has 0 radical (unpaired) electrons. The normalized spacial score (nSPS) is 11.7. The van der Waals surface area contributed by atoms with Crippen LogP contribution in [0.2, 0.25) is 5.02 Å². The fraction of sp³-hybridized carbons (Fsp3) is 0.118. The molecule has 0 fully saturated rings. The Hall–Kier alpha value is -2.19. The number of rotatable bonds is 5. The molecule has 26 heavy (non-hydrogen) atoms. The molecule has 1 aromatic heterocycles. The summed E-state index contributed by atoms with van der Waals surface area (Å²) in [6.07, 6.45) is 0.526. The number of furan rings is 1. The van der Waals surface area contributed by atoms with E-state index in [-0.39, 0.29) is 39.5 Å². The van der Waals surface area contributed by atoms with Crippen LogP contribution in [-0.4, -0.2) is 11.8 Å². The zero-order valence-corrected chi connectivity index (χ0v) is 14.4. The van der Waals surface area contributed by atoms with Gasteiger partial charge in [0.25, 0.3) is 0 Å². The van der Waals surface area contributed by atoms with E-state index in [4.69, 9.17) is 16.0 Å². The summed E-state index contributed by atoms with van der Waals surface area (Å²) in [5.74, 6) is -0.410. The summed E-state index contributed by atoms with van der Waals surface area (Å²) in [4.78, 5) is 10.6. The first-order valence-electron chi connectivity index (χ1n) is 7.21. The zero-order chi connectivity index (χ0) is 18.9. The summed E-state index contributed by atoms with van der Waals surface area (Å²) in [5, 5.41) is 3.29. The maximum absolute atomic E-state index is 14.1. The van der Waals surface area contributed by atoms with E-state index in [0.29, 0.717) is 22.9 Å². The predicted molar refractivity (Wildman–Crippen MR) is 92.3 cm³/mol. The minimum Gasteiger partial charge on any atom is -0.453 e. The van der Waals surface area contributed by atoms with Gasteiger partial charge in [-0.25, -0.2) is 4.39 Å². The molecule has 0 saturated carbocycles. The van der Waals surface area contributed by atoms with Crippen LogP contribution in [0.4, 0.5) is 23.2 Å². The van der Waals surface area contributed by atoms with Gasteiger partial charge in [0.05, 0.1) is 5.02 Å². The number of thioether (sulfide) groups is 1. The van der Waals surface area contributed by atoms with Gasteiger partial charge in [-0.05, 0) is 48.2 Å². The number of halogens is 5. The summed E-state index contributed by atoms with van der Waals surface area (Å²) in [7, 11) is 0. The van der Waals surface area contributed by atoms with Crippen LogP contribution in [0.3, 0.4) is 0 Å². The molecule has 136 valence electrons. The Balaban J connectivity index is 1.76. The topological polar surface area (TPSA) is 42.2 Å². The quantitative estimate of drug-likeness (QED) is 0.310. The number of alkyl halides is 3. The lowest BCUT2D eigenvalue weighted by atomic mass is 10.1. The molecule has 0 unspecified atom stereocenters. The second kappa shape index (κ2) is 7.20. The van der Waals surface area contributed by atoms with Crippen molar-refractivity contribution in [2.75, 3.05) is 5.32 Å². The number of nitrogens with one attached hydrogen (secondary N) is 1. The summed E-state index contributed by atoms with van der Waals surface area (Å²) in [6.45, 7) is 0.0565. The van der Waals surface area contributed by atoms with Crippen LogP contribution < -0.4 is 5.32 Å². The third-order valence-corrected chi connectivity index (χ3v) is 4.69. The van der Waals surface area contributed by atoms with Crippen LogP contribution in [0.5, 0.6) is 0 Å². The van der Waals surface area contributed by atoms with Crippen molar-refractivity contribution in [3.8, 4) is 0 Å². The lowest BCUT2D eigenvalue weighted by Gasteiger charge is -2.11. The number of aldehydes is 1. The number of hydrogen-bond donors (Lipinski definition) is 1. The lowest BCUT2D eigenvalue weighted by Crippen LogP contribution is -2.02. The molecular weight excluding hydrogens is 394 g/mol. The molecular formula is C17H10ClF4NO2S. The molecule has 3 aromatic rings. The van der Waals surface area contributed by atoms with Gasteiger partial charge in [0.1, 0.15) is 11.4 Å². The third-order valence-electron chi connectivity index (χ3n) is 3.46. The Bertz CT molecular complexity index is 971. The zero-order valence-electron chi connectivity index (χ0n) is 12.9. The van der Waals surface area contributed by atoms with E-state index < -0.39 is 11.3 Å². The van der Waals surface area contributed by atoms with E-state index >= 15 is 0 Å². The van der Waals surface area contributed by atoms with E-state index in [1.165, 1.54) is 36.4 Å². The molecule has 0 amide bonds. The number of hydrogen-bond acceptors (Lipinski definition) is 4. The van der Waals surface area contributed by atoms with Gasteiger partial charge < -0.3 is 9.73 Å². The van der Waals surface area contributed by atoms with Gasteiger partial charge in [0, 0.05) is 28.1 Å². The van der Waals surface area contributed by atoms with Gasteiger partial charge in [-0.2, -0.15) is 13.2 Å². The first kappa shape index (κ1) is 18.6. The molecule has 0 aliphatic rings. The maximum atomic E-state index is 14.1. The molecule has 0 saturated heterocycles. The number of carbonyl (C=O) groups excluding carboxylic acids is 1. The van der Waals surface area contributed by atoms with E-state index in [9.17, 15) is 22.4 Å². The van der Waals surface area contributed by atoms with Crippen LogP contribution in [0.25, 0.3) is 11.0 Å². The monoisotopic (exact) mass is 403 g/mol. The van der Waals surface area contributed by atoms with Gasteiger partial charge in [-0.3, -0.25) is 4.79 Å². The average Bonchev–Trinajstić information content (AvgIpc) is 2.95. The number of carbonyl (C=O) groups is 1. The predicted octanol–water partition coefficient (Wildman–Crippen LogP) is 6.26. The molecule has 0 bridgehead atoms. The van der Waals surface area contributed by atoms with Gasteiger partial charge in [-0.1, -0.05) is 11.6 Å². The molecule has 1 heterocycles. The number of benzene rings is 2. The number of anilines is 1. The van der Waals surface area contributed by atoms with E-state index in [0.717, 1.165) is 0 Å². The van der Waals surface area contributed by atoms with Gasteiger partial charge in [0.2, 0.25) is 0 Å². The SMILES string of the molecule is O=Cc1cc2cc(F)c(CNc3ccc(SC(F)(F)F)c(Cl)c3)cc2o1. The highest BCUT2D eigenvalue weighted by Crippen LogP contribution is 2.41. The van der Waals surface area contributed by atoms with E-state index in [1.807, 2.05) is 0 Å². The number of fused-ring (bicyclic) bond motifs is 1. The largest absolute Gasteiger partial charge is 0.453 e. The minimum absolute atomic E-state index is 0.0565. The van der Waals surface area contributed by atoms with Crippen molar-refractivity contribution in [2.45, 2.75) is 16.9 Å². The van der Waals surface area contributed by atoms with Crippen LogP contribution in [0.1, 0.15) is 16.1 Å². The highest BCUT2D eigenvalue weighted by Gasteiger charge is 2.30. The highest BCUT2D eigenvalue weighted by molar-refractivity contribution is 8.00. The van der Waals surface area contributed by atoms with E-state index in [2.05, 4.69) is 5.32 Å². The molecule has 2 aromatic carbocycles.